The van der Waals surface area contributed by atoms with Gasteiger partial charge in [-0.25, -0.2) is 0 Å². The molecular formula is C14H19NO2. The molecule has 2 N–H and O–H groups in total. The molecule has 0 saturated carbocycles. The SMILES string of the molecule is CC(O)c1ccccc1NCC1CCC=CO1. The zero-order valence-electron chi connectivity index (χ0n) is 10.1. The first-order valence-corrected chi connectivity index (χ1v) is 6.08. The van der Waals surface area contributed by atoms with Gasteiger partial charge < -0.3 is 15.2 Å². The van der Waals surface area contributed by atoms with E-state index < -0.39 is 6.10 Å². The summed E-state index contributed by atoms with van der Waals surface area (Å²) in [6.07, 6.45) is 5.70. The minimum Gasteiger partial charge on any atom is -0.497 e. The van der Waals surface area contributed by atoms with Gasteiger partial charge in [0.1, 0.15) is 6.10 Å². The van der Waals surface area contributed by atoms with Crippen molar-refractivity contribution in [3.8, 4) is 0 Å². The fourth-order valence-corrected chi connectivity index (χ4v) is 1.98. The van der Waals surface area contributed by atoms with Crippen molar-refractivity contribution < 1.29 is 9.84 Å². The molecule has 0 amide bonds. The summed E-state index contributed by atoms with van der Waals surface area (Å²) >= 11 is 0. The molecule has 1 aliphatic heterocycles. The maximum atomic E-state index is 9.66. The highest BCUT2D eigenvalue weighted by Crippen LogP contribution is 2.22. The predicted molar refractivity (Wildman–Crippen MR) is 68.8 cm³/mol. The van der Waals surface area contributed by atoms with Crippen LogP contribution in [0.5, 0.6) is 0 Å². The van der Waals surface area contributed by atoms with E-state index >= 15 is 0 Å². The van der Waals surface area contributed by atoms with E-state index in [0.29, 0.717) is 0 Å². The van der Waals surface area contributed by atoms with Crippen molar-refractivity contribution in [2.24, 2.45) is 0 Å². The Morgan fingerprint density at radius 3 is 3.00 bits per heavy atom. The molecule has 0 spiro atoms. The van der Waals surface area contributed by atoms with Gasteiger partial charge in [0.15, 0.2) is 0 Å². The zero-order chi connectivity index (χ0) is 12.1. The van der Waals surface area contributed by atoms with E-state index in [0.717, 1.165) is 30.6 Å². The van der Waals surface area contributed by atoms with Gasteiger partial charge in [0.05, 0.1) is 18.9 Å². The lowest BCUT2D eigenvalue weighted by molar-refractivity contribution is 0.135. The molecule has 0 radical (unpaired) electrons. The zero-order valence-corrected chi connectivity index (χ0v) is 10.1. The molecular weight excluding hydrogens is 214 g/mol. The van der Waals surface area contributed by atoms with Crippen LogP contribution >= 0.6 is 0 Å². The molecule has 1 aromatic rings. The van der Waals surface area contributed by atoms with E-state index in [1.807, 2.05) is 30.3 Å². The molecule has 1 heterocycles. The molecule has 0 saturated heterocycles. The Morgan fingerprint density at radius 1 is 1.47 bits per heavy atom. The third-order valence-electron chi connectivity index (χ3n) is 2.95. The molecule has 0 bridgehead atoms. The van der Waals surface area contributed by atoms with Crippen LogP contribution in [0.15, 0.2) is 36.6 Å². The molecule has 3 heteroatoms. The standard InChI is InChI=1S/C14H19NO2/c1-11(16)13-7-2-3-8-14(13)15-10-12-6-4-5-9-17-12/h2-3,5,7-9,11-12,15-16H,4,6,10H2,1H3. The van der Waals surface area contributed by atoms with Crippen molar-refractivity contribution in [2.75, 3.05) is 11.9 Å². The largest absolute Gasteiger partial charge is 0.497 e. The quantitative estimate of drug-likeness (QED) is 0.840. The average Bonchev–Trinajstić information content (AvgIpc) is 2.38. The van der Waals surface area contributed by atoms with Crippen molar-refractivity contribution in [1.29, 1.82) is 0 Å². The Kier molecular flexibility index (Phi) is 4.04. The number of benzene rings is 1. The number of anilines is 1. The summed E-state index contributed by atoms with van der Waals surface area (Å²) in [6, 6.07) is 7.83. The molecule has 0 aliphatic carbocycles. The summed E-state index contributed by atoms with van der Waals surface area (Å²) in [5, 5.41) is 13.0. The molecule has 3 nitrogen and oxygen atoms in total. The van der Waals surface area contributed by atoms with Crippen LogP contribution in [0.2, 0.25) is 0 Å². The Hall–Kier alpha value is -1.48. The Morgan fingerprint density at radius 2 is 2.29 bits per heavy atom. The highest BCUT2D eigenvalue weighted by Gasteiger charge is 2.12. The first-order valence-electron chi connectivity index (χ1n) is 6.08. The lowest BCUT2D eigenvalue weighted by Gasteiger charge is -2.21. The minimum absolute atomic E-state index is 0.224. The summed E-state index contributed by atoms with van der Waals surface area (Å²) < 4.78 is 5.49. The van der Waals surface area contributed by atoms with Gasteiger partial charge in [-0.15, -0.1) is 0 Å². The normalized spacial score (nSPS) is 20.7. The lowest BCUT2D eigenvalue weighted by Crippen LogP contribution is -2.23. The number of aliphatic hydroxyl groups excluding tert-OH is 1. The lowest BCUT2D eigenvalue weighted by atomic mass is 10.1. The monoisotopic (exact) mass is 233 g/mol. The number of hydrogen-bond donors (Lipinski definition) is 2. The maximum absolute atomic E-state index is 9.66. The van der Waals surface area contributed by atoms with Gasteiger partial charge in [0.25, 0.3) is 0 Å². The van der Waals surface area contributed by atoms with Crippen LogP contribution in [-0.4, -0.2) is 17.8 Å². The summed E-state index contributed by atoms with van der Waals surface area (Å²) in [6.45, 7) is 2.55. The van der Waals surface area contributed by atoms with Gasteiger partial charge in [-0.1, -0.05) is 18.2 Å². The second-order valence-corrected chi connectivity index (χ2v) is 4.35. The topological polar surface area (TPSA) is 41.5 Å². The highest BCUT2D eigenvalue weighted by molar-refractivity contribution is 5.52. The first-order chi connectivity index (χ1) is 8.27. The van der Waals surface area contributed by atoms with E-state index in [4.69, 9.17) is 4.74 Å². The van der Waals surface area contributed by atoms with Gasteiger partial charge in [0.2, 0.25) is 0 Å². The fraction of sp³-hybridized carbons (Fsp3) is 0.429. The summed E-state index contributed by atoms with van der Waals surface area (Å²) in [5.41, 5.74) is 1.92. The van der Waals surface area contributed by atoms with Gasteiger partial charge in [-0.05, 0) is 31.9 Å². The molecule has 2 atom stereocenters. The number of aliphatic hydroxyl groups is 1. The smallest absolute Gasteiger partial charge is 0.115 e. The molecule has 2 unspecified atom stereocenters. The number of hydrogen-bond acceptors (Lipinski definition) is 3. The third kappa shape index (κ3) is 3.24. The summed E-state index contributed by atoms with van der Waals surface area (Å²) in [7, 11) is 0. The molecule has 2 rings (SSSR count). The Bertz CT molecular complexity index is 388. The van der Waals surface area contributed by atoms with Crippen molar-refractivity contribution >= 4 is 5.69 Å². The number of ether oxygens (including phenoxy) is 1. The Balaban J connectivity index is 1.96. The fourth-order valence-electron chi connectivity index (χ4n) is 1.98. The second-order valence-electron chi connectivity index (χ2n) is 4.35. The van der Waals surface area contributed by atoms with Crippen molar-refractivity contribution in [2.45, 2.75) is 32.0 Å². The second kappa shape index (κ2) is 5.73. The van der Waals surface area contributed by atoms with Crippen molar-refractivity contribution in [3.05, 3.63) is 42.2 Å². The van der Waals surface area contributed by atoms with Crippen LogP contribution < -0.4 is 5.32 Å². The third-order valence-corrected chi connectivity index (χ3v) is 2.95. The van der Waals surface area contributed by atoms with Crippen molar-refractivity contribution in [1.82, 2.24) is 0 Å². The van der Waals surface area contributed by atoms with E-state index in [1.165, 1.54) is 0 Å². The van der Waals surface area contributed by atoms with E-state index in [2.05, 4.69) is 5.32 Å². The highest BCUT2D eigenvalue weighted by atomic mass is 16.5. The predicted octanol–water partition coefficient (Wildman–Crippen LogP) is 2.84. The molecule has 0 fully saturated rings. The number of para-hydroxylation sites is 1. The van der Waals surface area contributed by atoms with Gasteiger partial charge in [-0.3, -0.25) is 0 Å². The van der Waals surface area contributed by atoms with Crippen LogP contribution in [0.1, 0.15) is 31.4 Å². The van der Waals surface area contributed by atoms with Crippen LogP contribution in [0, 0.1) is 0 Å². The van der Waals surface area contributed by atoms with E-state index in [-0.39, 0.29) is 6.10 Å². The molecule has 0 aromatic heterocycles. The van der Waals surface area contributed by atoms with Crippen LogP contribution in [0.4, 0.5) is 5.69 Å². The minimum atomic E-state index is -0.453. The van der Waals surface area contributed by atoms with Crippen LogP contribution in [0.25, 0.3) is 0 Å². The molecule has 17 heavy (non-hydrogen) atoms. The van der Waals surface area contributed by atoms with Crippen LogP contribution in [-0.2, 0) is 4.74 Å². The van der Waals surface area contributed by atoms with Crippen molar-refractivity contribution in [3.63, 3.8) is 0 Å². The molecule has 92 valence electrons. The molecule has 1 aliphatic rings. The summed E-state index contributed by atoms with van der Waals surface area (Å²) in [5.74, 6) is 0. The van der Waals surface area contributed by atoms with Gasteiger partial charge in [0, 0.05) is 11.3 Å². The molecule has 1 aromatic carbocycles. The first kappa shape index (κ1) is 12.0. The van der Waals surface area contributed by atoms with Gasteiger partial charge >= 0.3 is 0 Å². The summed E-state index contributed by atoms with van der Waals surface area (Å²) in [4.78, 5) is 0. The van der Waals surface area contributed by atoms with Crippen LogP contribution in [0.3, 0.4) is 0 Å². The average molecular weight is 233 g/mol. The van der Waals surface area contributed by atoms with Gasteiger partial charge in [-0.2, -0.15) is 0 Å². The van der Waals surface area contributed by atoms with E-state index in [9.17, 15) is 5.11 Å². The number of allylic oxidation sites excluding steroid dienone is 1. The van der Waals surface area contributed by atoms with E-state index in [1.54, 1.807) is 13.2 Å². The Labute approximate surface area is 102 Å². The number of nitrogens with one attached hydrogen (secondary N) is 1. The number of rotatable bonds is 4. The maximum Gasteiger partial charge on any atom is 0.115 e.